The third-order valence-electron chi connectivity index (χ3n) is 3.96. The molecule has 0 saturated heterocycles. The molecule has 0 aromatic rings. The van der Waals surface area contributed by atoms with Crippen LogP contribution in [0.3, 0.4) is 0 Å². The molecule has 3 aliphatic rings. The maximum atomic E-state index is 11.5. The molecule has 3 rings (SSSR count). The summed E-state index contributed by atoms with van der Waals surface area (Å²) < 4.78 is 4.75. The summed E-state index contributed by atoms with van der Waals surface area (Å²) in [4.78, 5) is 22.4. The standard InChI is InChI=1S/C11H16O4/c1-15-11(14)9-3-2-8(10(12)13)6-4-7(9)5-6/h6-9H,2-5H2,1H3,(H,12,13). The summed E-state index contributed by atoms with van der Waals surface area (Å²) in [6.45, 7) is 0. The van der Waals surface area contributed by atoms with Crippen molar-refractivity contribution in [2.45, 2.75) is 25.7 Å². The van der Waals surface area contributed by atoms with E-state index >= 15 is 0 Å². The van der Waals surface area contributed by atoms with Gasteiger partial charge < -0.3 is 9.84 Å². The van der Waals surface area contributed by atoms with Crippen molar-refractivity contribution in [3.63, 3.8) is 0 Å². The molecule has 0 aliphatic heterocycles. The van der Waals surface area contributed by atoms with Gasteiger partial charge in [0, 0.05) is 0 Å². The Hall–Kier alpha value is -1.06. The fourth-order valence-electron chi connectivity index (χ4n) is 2.98. The molecule has 3 fully saturated rings. The fraction of sp³-hybridized carbons (Fsp3) is 0.818. The third kappa shape index (κ3) is 1.73. The molecule has 2 atom stereocenters. The van der Waals surface area contributed by atoms with Crippen LogP contribution in [0.5, 0.6) is 0 Å². The van der Waals surface area contributed by atoms with Crippen molar-refractivity contribution in [1.29, 1.82) is 0 Å². The van der Waals surface area contributed by atoms with E-state index in [4.69, 9.17) is 9.84 Å². The second-order valence-corrected chi connectivity index (χ2v) is 4.64. The number of fused-ring (bicyclic) bond motifs is 3. The van der Waals surface area contributed by atoms with Gasteiger partial charge in [0.25, 0.3) is 0 Å². The van der Waals surface area contributed by atoms with Crippen molar-refractivity contribution in [3.05, 3.63) is 0 Å². The van der Waals surface area contributed by atoms with Crippen molar-refractivity contribution in [2.24, 2.45) is 23.7 Å². The number of ether oxygens (including phenoxy) is 1. The van der Waals surface area contributed by atoms with Crippen LogP contribution in [0.15, 0.2) is 0 Å². The first-order valence-electron chi connectivity index (χ1n) is 5.44. The number of hydrogen-bond donors (Lipinski definition) is 1. The number of carboxylic acids is 1. The molecule has 0 spiro atoms. The molecule has 0 radical (unpaired) electrons. The van der Waals surface area contributed by atoms with Crippen molar-refractivity contribution >= 4 is 11.9 Å². The lowest BCUT2D eigenvalue weighted by Gasteiger charge is -2.37. The number of methoxy groups -OCH3 is 1. The van der Waals surface area contributed by atoms with Crippen LogP contribution >= 0.6 is 0 Å². The van der Waals surface area contributed by atoms with Gasteiger partial charge in [0.05, 0.1) is 18.9 Å². The number of esters is 1. The lowest BCUT2D eigenvalue weighted by atomic mass is 9.67. The van der Waals surface area contributed by atoms with Crippen LogP contribution < -0.4 is 0 Å². The number of rotatable bonds is 2. The summed E-state index contributed by atoms with van der Waals surface area (Å²) in [5, 5.41) is 9.02. The number of hydrogen-bond acceptors (Lipinski definition) is 3. The van der Waals surface area contributed by atoms with Gasteiger partial charge in [-0.15, -0.1) is 0 Å². The molecule has 1 N–H and O–H groups in total. The lowest BCUT2D eigenvalue weighted by molar-refractivity contribution is -0.149. The van der Waals surface area contributed by atoms with Crippen molar-refractivity contribution in [1.82, 2.24) is 0 Å². The van der Waals surface area contributed by atoms with Crippen LogP contribution in [0, 0.1) is 23.7 Å². The highest BCUT2D eigenvalue weighted by molar-refractivity contribution is 5.74. The quantitative estimate of drug-likeness (QED) is 0.701. The van der Waals surface area contributed by atoms with E-state index in [9.17, 15) is 9.59 Å². The SMILES string of the molecule is COC(=O)C1CCC(C(=O)O)C2CC1C2. The van der Waals surface area contributed by atoms with E-state index in [1.54, 1.807) is 0 Å². The van der Waals surface area contributed by atoms with Crippen LogP contribution in [-0.4, -0.2) is 24.2 Å². The first kappa shape index (κ1) is 10.5. The predicted molar refractivity (Wildman–Crippen MR) is 52.1 cm³/mol. The van der Waals surface area contributed by atoms with Crippen LogP contribution in [0.2, 0.25) is 0 Å². The van der Waals surface area contributed by atoms with E-state index in [2.05, 4.69) is 0 Å². The van der Waals surface area contributed by atoms with Crippen LogP contribution in [-0.2, 0) is 14.3 Å². The smallest absolute Gasteiger partial charge is 0.308 e. The molecule has 15 heavy (non-hydrogen) atoms. The molecule has 3 saturated carbocycles. The van der Waals surface area contributed by atoms with Gasteiger partial charge in [-0.1, -0.05) is 0 Å². The summed E-state index contributed by atoms with van der Waals surface area (Å²) in [5.41, 5.74) is 0. The topological polar surface area (TPSA) is 63.6 Å². The minimum atomic E-state index is -0.705. The maximum absolute atomic E-state index is 11.5. The Bertz CT molecular complexity index is 280. The van der Waals surface area contributed by atoms with E-state index in [1.165, 1.54) is 7.11 Å². The van der Waals surface area contributed by atoms with Gasteiger partial charge in [-0.2, -0.15) is 0 Å². The summed E-state index contributed by atoms with van der Waals surface area (Å²) in [6, 6.07) is 0. The highest BCUT2D eigenvalue weighted by Gasteiger charge is 2.47. The number of carboxylic acid groups (broad SMARTS) is 1. The number of carbonyl (C=O) groups is 2. The van der Waals surface area contributed by atoms with E-state index < -0.39 is 5.97 Å². The molecule has 3 aliphatic carbocycles. The maximum Gasteiger partial charge on any atom is 0.308 e. The first-order chi connectivity index (χ1) is 7.13. The average molecular weight is 212 g/mol. The molecule has 2 bridgehead atoms. The minimum absolute atomic E-state index is 0.0596. The zero-order valence-corrected chi connectivity index (χ0v) is 8.81. The van der Waals surface area contributed by atoms with Gasteiger partial charge >= 0.3 is 11.9 Å². The van der Waals surface area contributed by atoms with E-state index in [-0.39, 0.29) is 17.8 Å². The van der Waals surface area contributed by atoms with E-state index in [0.29, 0.717) is 24.7 Å². The normalized spacial score (nSPS) is 38.7. The molecule has 4 nitrogen and oxygen atoms in total. The van der Waals surface area contributed by atoms with Gasteiger partial charge in [0.2, 0.25) is 0 Å². The zero-order chi connectivity index (χ0) is 11.0. The van der Waals surface area contributed by atoms with Gasteiger partial charge in [0.15, 0.2) is 0 Å². The molecule has 4 heteroatoms. The van der Waals surface area contributed by atoms with Crippen molar-refractivity contribution in [3.8, 4) is 0 Å². The van der Waals surface area contributed by atoms with E-state index in [1.807, 2.05) is 0 Å². The molecule has 2 unspecified atom stereocenters. The predicted octanol–water partition coefficient (Wildman–Crippen LogP) is 1.30. The van der Waals surface area contributed by atoms with Crippen LogP contribution in [0.4, 0.5) is 0 Å². The van der Waals surface area contributed by atoms with Gasteiger partial charge in [-0.05, 0) is 37.5 Å². The second-order valence-electron chi connectivity index (χ2n) is 4.64. The molecule has 0 amide bonds. The minimum Gasteiger partial charge on any atom is -0.481 e. The van der Waals surface area contributed by atoms with Gasteiger partial charge in [-0.3, -0.25) is 9.59 Å². The van der Waals surface area contributed by atoms with Crippen LogP contribution in [0.25, 0.3) is 0 Å². The Morgan fingerprint density at radius 2 is 1.67 bits per heavy atom. The lowest BCUT2D eigenvalue weighted by Crippen LogP contribution is -2.36. The Kier molecular flexibility index (Phi) is 2.67. The molecule has 0 aromatic carbocycles. The number of carbonyl (C=O) groups excluding carboxylic acids is 1. The first-order valence-corrected chi connectivity index (χ1v) is 5.44. The zero-order valence-electron chi connectivity index (χ0n) is 8.81. The number of aliphatic carboxylic acids is 1. The average Bonchev–Trinajstić information content (AvgIpc) is 2.43. The fourth-order valence-corrected chi connectivity index (χ4v) is 2.98. The molecular weight excluding hydrogens is 196 g/mol. The highest BCUT2D eigenvalue weighted by atomic mass is 16.5. The molecule has 0 heterocycles. The Morgan fingerprint density at radius 3 is 2.20 bits per heavy atom. The summed E-state index contributed by atoms with van der Waals surface area (Å²) in [5.74, 6) is -0.506. The summed E-state index contributed by atoms with van der Waals surface area (Å²) in [7, 11) is 1.40. The third-order valence-corrected chi connectivity index (χ3v) is 3.96. The molecular formula is C11H16O4. The van der Waals surface area contributed by atoms with Gasteiger partial charge in [-0.25, -0.2) is 0 Å². The highest BCUT2D eigenvalue weighted by Crippen LogP contribution is 2.49. The largest absolute Gasteiger partial charge is 0.481 e. The Morgan fingerprint density at radius 1 is 1.13 bits per heavy atom. The molecule has 0 aromatic heterocycles. The monoisotopic (exact) mass is 212 g/mol. The van der Waals surface area contributed by atoms with Crippen molar-refractivity contribution < 1.29 is 19.4 Å². The Balaban J connectivity index is 2.05. The van der Waals surface area contributed by atoms with E-state index in [0.717, 1.165) is 12.8 Å². The summed E-state index contributed by atoms with van der Waals surface area (Å²) >= 11 is 0. The van der Waals surface area contributed by atoms with Gasteiger partial charge in [0.1, 0.15) is 0 Å². The Labute approximate surface area is 88.6 Å². The second kappa shape index (κ2) is 3.83. The summed E-state index contributed by atoms with van der Waals surface area (Å²) in [6.07, 6.45) is 3.06. The molecule has 84 valence electrons. The van der Waals surface area contributed by atoms with Crippen LogP contribution in [0.1, 0.15) is 25.7 Å². The van der Waals surface area contributed by atoms with Crippen molar-refractivity contribution in [2.75, 3.05) is 7.11 Å².